The van der Waals surface area contributed by atoms with E-state index in [1.807, 2.05) is 0 Å². The summed E-state index contributed by atoms with van der Waals surface area (Å²) in [6.45, 7) is 3.20. The number of rotatable bonds is 8. The molecule has 11 heteroatoms. The van der Waals surface area contributed by atoms with Crippen LogP contribution in [0.4, 0.5) is 0 Å². The fourth-order valence-electron chi connectivity index (χ4n) is 3.95. The predicted molar refractivity (Wildman–Crippen MR) is 142 cm³/mol. The van der Waals surface area contributed by atoms with Crippen molar-refractivity contribution < 1.29 is 27.0 Å². The van der Waals surface area contributed by atoms with E-state index in [2.05, 4.69) is 0 Å². The quantitative estimate of drug-likeness (QED) is 0.203. The molecule has 0 radical (unpaired) electrons. The Morgan fingerprint density at radius 3 is 2.25 bits per heavy atom. The molecule has 0 aliphatic rings. The molecule has 3 aromatic carbocycles. The summed E-state index contributed by atoms with van der Waals surface area (Å²) in [5.74, 6) is -0.971. The number of halogens is 2. The number of carbonyl (C=O) groups excluding carboxylic acids is 1. The molecule has 7 nitrogen and oxygen atoms in total. The summed E-state index contributed by atoms with van der Waals surface area (Å²) in [6.07, 6.45) is 0. The van der Waals surface area contributed by atoms with Crippen LogP contribution in [-0.4, -0.2) is 31.6 Å². The van der Waals surface area contributed by atoms with Gasteiger partial charge in [0.25, 0.3) is 17.4 Å². The second-order valence-electron chi connectivity index (χ2n) is 7.61. The van der Waals surface area contributed by atoms with Crippen LogP contribution in [0.15, 0.2) is 77.7 Å². The lowest BCUT2D eigenvalue weighted by atomic mass is 10.2. The first-order valence-corrected chi connectivity index (χ1v) is 14.8. The maximum Gasteiger partial charge on any atom is 0.356 e. The van der Waals surface area contributed by atoms with Crippen molar-refractivity contribution in [2.75, 3.05) is 13.2 Å². The Kier molecular flexibility index (Phi) is 7.64. The lowest BCUT2D eigenvalue weighted by Crippen LogP contribution is -2.28. The fraction of sp³-hybridized carbons (Fsp3) is 0.160. The van der Waals surface area contributed by atoms with Crippen molar-refractivity contribution in [3.63, 3.8) is 0 Å². The van der Waals surface area contributed by atoms with E-state index in [-0.39, 0.29) is 44.6 Å². The van der Waals surface area contributed by atoms with Gasteiger partial charge >= 0.3 is 5.97 Å². The van der Waals surface area contributed by atoms with E-state index in [4.69, 9.17) is 32.5 Å². The Labute approximate surface area is 219 Å². The molecule has 1 unspecified atom stereocenters. The van der Waals surface area contributed by atoms with Crippen LogP contribution in [0.25, 0.3) is 10.9 Å². The Balaban J connectivity index is 2.23. The molecule has 1 atom stereocenters. The van der Waals surface area contributed by atoms with Gasteiger partial charge in [0.15, 0.2) is 5.69 Å². The van der Waals surface area contributed by atoms with E-state index in [9.17, 15) is 17.8 Å². The van der Waals surface area contributed by atoms with Gasteiger partial charge in [-0.3, -0.25) is 4.57 Å². The van der Waals surface area contributed by atoms with Crippen molar-refractivity contribution in [1.29, 1.82) is 0 Å². The minimum absolute atomic E-state index is 0.00469. The highest BCUT2D eigenvalue weighted by Gasteiger charge is 2.41. The van der Waals surface area contributed by atoms with Crippen LogP contribution in [-0.2, 0) is 23.8 Å². The van der Waals surface area contributed by atoms with Crippen LogP contribution in [0.3, 0.4) is 0 Å². The maximum absolute atomic E-state index is 14.8. The molecule has 4 aromatic rings. The van der Waals surface area contributed by atoms with Crippen LogP contribution in [0.2, 0.25) is 10.0 Å². The molecule has 0 N–H and O–H groups in total. The van der Waals surface area contributed by atoms with E-state index in [1.54, 1.807) is 50.2 Å². The normalized spacial score (nSPS) is 13.4. The van der Waals surface area contributed by atoms with Gasteiger partial charge in [-0.1, -0.05) is 47.5 Å². The van der Waals surface area contributed by atoms with Crippen molar-refractivity contribution in [2.24, 2.45) is 0 Å². The van der Waals surface area contributed by atoms with Crippen LogP contribution in [0, 0.1) is 0 Å². The zero-order valence-electron chi connectivity index (χ0n) is 19.4. The molecule has 0 saturated heterocycles. The number of benzene rings is 3. The number of hydrogen-bond donors (Lipinski definition) is 0. The van der Waals surface area contributed by atoms with Gasteiger partial charge in [-0.2, -0.15) is 0 Å². The first-order valence-electron chi connectivity index (χ1n) is 11.0. The summed E-state index contributed by atoms with van der Waals surface area (Å²) in [4.78, 5) is 13.4. The molecule has 4 rings (SSSR count). The first-order chi connectivity index (χ1) is 17.1. The third-order valence-electron chi connectivity index (χ3n) is 5.36. The predicted octanol–water partition coefficient (Wildman–Crippen LogP) is 5.63. The Hall–Kier alpha value is -2.61. The van der Waals surface area contributed by atoms with E-state index in [1.165, 1.54) is 36.4 Å². The Bertz CT molecular complexity index is 1600. The molecular formula is C25H22Cl2NO6PS. The summed E-state index contributed by atoms with van der Waals surface area (Å²) in [7, 11) is -8.45. The van der Waals surface area contributed by atoms with Gasteiger partial charge in [0.2, 0.25) is 0 Å². The van der Waals surface area contributed by atoms with E-state index >= 15 is 0 Å². The van der Waals surface area contributed by atoms with Crippen LogP contribution in [0.5, 0.6) is 0 Å². The molecule has 0 spiro atoms. The second kappa shape index (κ2) is 10.4. The van der Waals surface area contributed by atoms with Crippen LogP contribution in [0.1, 0.15) is 24.3 Å². The van der Waals surface area contributed by atoms with E-state index in [0.29, 0.717) is 5.02 Å². The summed E-state index contributed by atoms with van der Waals surface area (Å²) < 4.78 is 54.6. The zero-order chi connectivity index (χ0) is 26.1. The molecular weight excluding hydrogens is 544 g/mol. The zero-order valence-corrected chi connectivity index (χ0v) is 22.6. The average Bonchev–Trinajstić information content (AvgIpc) is 3.20. The molecule has 0 saturated carbocycles. The first kappa shape index (κ1) is 26.5. The van der Waals surface area contributed by atoms with Gasteiger partial charge in [0.1, 0.15) is 0 Å². The van der Waals surface area contributed by atoms with Gasteiger partial charge in [-0.05, 0) is 62.4 Å². The highest BCUT2D eigenvalue weighted by molar-refractivity contribution is 7.90. The van der Waals surface area contributed by atoms with Crippen molar-refractivity contribution >= 4 is 68.1 Å². The number of hydrogen-bond acceptors (Lipinski definition) is 6. The molecule has 1 aromatic heterocycles. The topological polar surface area (TPSA) is 91.7 Å². The molecule has 36 heavy (non-hydrogen) atoms. The lowest BCUT2D eigenvalue weighted by Gasteiger charge is -2.20. The largest absolute Gasteiger partial charge is 0.461 e. The van der Waals surface area contributed by atoms with Gasteiger partial charge < -0.3 is 9.26 Å². The third kappa shape index (κ3) is 4.60. The van der Waals surface area contributed by atoms with Crippen LogP contribution >= 0.6 is 30.6 Å². The average molecular weight is 566 g/mol. The Morgan fingerprint density at radius 1 is 0.917 bits per heavy atom. The van der Waals surface area contributed by atoms with Crippen molar-refractivity contribution in [3.05, 3.63) is 88.5 Å². The van der Waals surface area contributed by atoms with E-state index in [0.717, 1.165) is 3.97 Å². The molecule has 1 heterocycles. The van der Waals surface area contributed by atoms with Gasteiger partial charge in [0, 0.05) is 20.7 Å². The Morgan fingerprint density at radius 2 is 1.61 bits per heavy atom. The number of aromatic nitrogens is 1. The number of ether oxygens (including phenoxy) is 1. The molecule has 188 valence electrons. The van der Waals surface area contributed by atoms with Gasteiger partial charge in [-0.25, -0.2) is 17.2 Å². The summed E-state index contributed by atoms with van der Waals surface area (Å²) in [5.41, 5.74) is -0.321. The monoisotopic (exact) mass is 565 g/mol. The van der Waals surface area contributed by atoms with Crippen molar-refractivity contribution in [1.82, 2.24) is 3.97 Å². The van der Waals surface area contributed by atoms with E-state index < -0.39 is 29.1 Å². The summed E-state index contributed by atoms with van der Waals surface area (Å²) >= 11 is 12.5. The minimum atomic E-state index is -4.35. The maximum atomic E-state index is 14.8. The number of nitrogens with zero attached hydrogens (tertiary/aromatic N) is 1. The molecule has 0 bridgehead atoms. The SMILES string of the molecule is CCOC(=O)c1c(P(=O)(OCC)c2cccc(Cl)c2)c2cc(Cl)ccc2n1S(=O)(=O)c1ccccc1. The number of carbonyl (C=O) groups is 1. The lowest BCUT2D eigenvalue weighted by molar-refractivity contribution is 0.0520. The molecule has 0 amide bonds. The molecule has 0 fully saturated rings. The molecule has 0 aliphatic heterocycles. The van der Waals surface area contributed by atoms with Gasteiger partial charge in [-0.15, -0.1) is 0 Å². The smallest absolute Gasteiger partial charge is 0.356 e. The minimum Gasteiger partial charge on any atom is -0.461 e. The summed E-state index contributed by atoms with van der Waals surface area (Å²) in [6, 6.07) is 18.2. The molecule has 0 aliphatic carbocycles. The number of esters is 1. The van der Waals surface area contributed by atoms with Crippen LogP contribution < -0.4 is 10.6 Å². The van der Waals surface area contributed by atoms with Crippen molar-refractivity contribution in [3.8, 4) is 0 Å². The standard InChI is InChI=1S/C25H22Cl2NO6PS/c1-3-33-25(29)23-24(35(30,34-4-2)19-10-8-9-17(26)15-19)21-16-18(27)13-14-22(21)28(23)36(31,32)20-11-6-5-7-12-20/h5-16H,3-4H2,1-2H3. The summed E-state index contributed by atoms with van der Waals surface area (Å²) in [5, 5.41) is 0.800. The number of fused-ring (bicyclic) bond motifs is 1. The van der Waals surface area contributed by atoms with Crippen molar-refractivity contribution in [2.45, 2.75) is 18.7 Å². The van der Waals surface area contributed by atoms with Gasteiger partial charge in [0.05, 0.1) is 28.9 Å². The second-order valence-corrected chi connectivity index (χ2v) is 12.6. The highest BCUT2D eigenvalue weighted by Crippen LogP contribution is 2.49. The highest BCUT2D eigenvalue weighted by atomic mass is 35.5. The fourth-order valence-corrected chi connectivity index (χ4v) is 8.45. The third-order valence-corrected chi connectivity index (χ3v) is 10.2.